The minimum absolute atomic E-state index is 0.0999. The smallest absolute Gasteiger partial charge is 0.336 e. The van der Waals surface area contributed by atoms with Crippen molar-refractivity contribution >= 4 is 35.2 Å². The maximum absolute atomic E-state index is 12.3. The summed E-state index contributed by atoms with van der Waals surface area (Å²) in [6, 6.07) is 18.1. The molecule has 0 amide bonds. The molecule has 5 heteroatoms. The summed E-state index contributed by atoms with van der Waals surface area (Å²) in [5.74, 6) is 0.648. The van der Waals surface area contributed by atoms with E-state index in [1.807, 2.05) is 41.8 Å². The topological polar surface area (TPSA) is 52.6 Å². The van der Waals surface area contributed by atoms with Crippen LogP contribution in [0, 0.1) is 0 Å². The van der Waals surface area contributed by atoms with Crippen LogP contribution in [0.1, 0.15) is 91.9 Å². The van der Waals surface area contributed by atoms with Crippen LogP contribution < -0.4 is 9.47 Å². The molecule has 0 unspecified atom stereocenters. The van der Waals surface area contributed by atoms with Gasteiger partial charge in [0.15, 0.2) is 5.78 Å². The summed E-state index contributed by atoms with van der Waals surface area (Å²) in [4.78, 5) is 25.5. The lowest BCUT2D eigenvalue weighted by molar-refractivity contribution is -0.128. The van der Waals surface area contributed by atoms with Gasteiger partial charge in [-0.25, -0.2) is 4.79 Å². The second kappa shape index (κ2) is 18.0. The van der Waals surface area contributed by atoms with Gasteiger partial charge in [-0.05, 0) is 78.1 Å². The first-order chi connectivity index (χ1) is 19.1. The fraction of sp³-hybridized carbons (Fsp3) is 0.353. The molecule has 0 spiro atoms. The van der Waals surface area contributed by atoms with Crippen molar-refractivity contribution in [1.29, 1.82) is 0 Å². The van der Waals surface area contributed by atoms with E-state index in [0.717, 1.165) is 29.2 Å². The second-order valence-electron chi connectivity index (χ2n) is 9.59. The maximum Gasteiger partial charge on any atom is 0.336 e. The summed E-state index contributed by atoms with van der Waals surface area (Å²) in [5, 5.41) is 1.96. The first-order valence-electron chi connectivity index (χ1n) is 14.1. The minimum Gasteiger partial charge on any atom is -0.494 e. The monoisotopic (exact) mass is 544 g/mol. The Morgan fingerprint density at radius 1 is 0.718 bits per heavy atom. The molecule has 0 aliphatic carbocycles. The number of carbonyl (C=O) groups is 2. The Balaban J connectivity index is 1.31. The molecule has 0 aliphatic heterocycles. The number of thiophene rings is 1. The zero-order valence-electron chi connectivity index (χ0n) is 23.0. The van der Waals surface area contributed by atoms with Crippen molar-refractivity contribution in [3.05, 3.63) is 94.2 Å². The highest BCUT2D eigenvalue weighted by atomic mass is 32.1. The van der Waals surface area contributed by atoms with Gasteiger partial charge in [0.05, 0.1) is 6.61 Å². The Bertz CT molecular complexity index is 1160. The fourth-order valence-corrected chi connectivity index (χ4v) is 4.71. The maximum atomic E-state index is 12.3. The Morgan fingerprint density at radius 3 is 2.00 bits per heavy atom. The van der Waals surface area contributed by atoms with Crippen LogP contribution in [-0.4, -0.2) is 18.4 Å². The van der Waals surface area contributed by atoms with Crippen LogP contribution in [0.3, 0.4) is 0 Å². The zero-order valence-corrected chi connectivity index (χ0v) is 23.8. The molecule has 206 valence electrons. The molecule has 2 aromatic carbocycles. The number of hydrogen-bond acceptors (Lipinski definition) is 5. The van der Waals surface area contributed by atoms with Gasteiger partial charge in [0, 0.05) is 16.5 Å². The van der Waals surface area contributed by atoms with Crippen LogP contribution in [0.4, 0.5) is 0 Å². The number of unbranched alkanes of at least 4 members (excludes halogenated alkanes) is 9. The predicted molar refractivity (Wildman–Crippen MR) is 163 cm³/mol. The fourth-order valence-electron chi connectivity index (χ4n) is 4.10. The van der Waals surface area contributed by atoms with Gasteiger partial charge in [-0.15, -0.1) is 11.3 Å². The van der Waals surface area contributed by atoms with E-state index >= 15 is 0 Å². The molecule has 1 aromatic heterocycles. The molecule has 0 aliphatic rings. The highest BCUT2D eigenvalue weighted by Crippen LogP contribution is 2.17. The van der Waals surface area contributed by atoms with Crippen LogP contribution in [-0.2, 0) is 4.79 Å². The Morgan fingerprint density at radius 2 is 1.36 bits per heavy atom. The van der Waals surface area contributed by atoms with E-state index < -0.39 is 5.97 Å². The summed E-state index contributed by atoms with van der Waals surface area (Å²) >= 11 is 1.57. The van der Waals surface area contributed by atoms with Crippen molar-refractivity contribution in [2.75, 3.05) is 6.61 Å². The van der Waals surface area contributed by atoms with Crippen molar-refractivity contribution < 1.29 is 19.1 Å². The summed E-state index contributed by atoms with van der Waals surface area (Å²) in [6.07, 6.45) is 19.5. The third-order valence-corrected chi connectivity index (χ3v) is 7.20. The van der Waals surface area contributed by atoms with Gasteiger partial charge in [0.2, 0.25) is 0 Å². The van der Waals surface area contributed by atoms with E-state index in [-0.39, 0.29) is 5.78 Å². The van der Waals surface area contributed by atoms with Crippen LogP contribution >= 0.6 is 11.3 Å². The van der Waals surface area contributed by atoms with Crippen molar-refractivity contribution in [2.45, 2.75) is 71.1 Å². The Kier molecular flexibility index (Phi) is 13.9. The normalized spacial score (nSPS) is 11.3. The van der Waals surface area contributed by atoms with E-state index in [9.17, 15) is 9.59 Å². The molecule has 0 saturated carbocycles. The highest BCUT2D eigenvalue weighted by molar-refractivity contribution is 7.10. The third kappa shape index (κ3) is 12.3. The van der Waals surface area contributed by atoms with Gasteiger partial charge in [-0.2, -0.15) is 0 Å². The quantitative estimate of drug-likeness (QED) is 0.0526. The average molecular weight is 545 g/mol. The molecule has 39 heavy (non-hydrogen) atoms. The molecule has 0 atom stereocenters. The zero-order chi connectivity index (χ0) is 27.5. The standard InChI is InChI=1S/C34H40O4S/c1-2-3-4-5-6-7-8-9-10-11-26-37-30-19-14-28(15-20-30)16-25-34(36)38-31-21-17-29(18-22-31)33(35)24-23-32-13-12-27-39-32/h12-25,27H,2-11,26H2,1H3/b24-23+,25-16+. The second-order valence-corrected chi connectivity index (χ2v) is 10.6. The number of hydrogen-bond donors (Lipinski definition) is 0. The van der Waals surface area contributed by atoms with Gasteiger partial charge >= 0.3 is 5.97 Å². The van der Waals surface area contributed by atoms with Gasteiger partial charge in [-0.3, -0.25) is 4.79 Å². The highest BCUT2D eigenvalue weighted by Gasteiger charge is 2.05. The van der Waals surface area contributed by atoms with Crippen LogP contribution in [0.5, 0.6) is 11.5 Å². The van der Waals surface area contributed by atoms with Gasteiger partial charge in [0.1, 0.15) is 11.5 Å². The molecule has 1 heterocycles. The van der Waals surface area contributed by atoms with Crippen molar-refractivity contribution in [2.24, 2.45) is 0 Å². The molecule has 3 aromatic rings. The van der Waals surface area contributed by atoms with E-state index in [1.165, 1.54) is 63.9 Å². The van der Waals surface area contributed by atoms with Crippen molar-refractivity contribution in [3.63, 3.8) is 0 Å². The summed E-state index contributed by atoms with van der Waals surface area (Å²) in [5.41, 5.74) is 1.42. The van der Waals surface area contributed by atoms with Gasteiger partial charge in [0.25, 0.3) is 0 Å². The molecule has 4 nitrogen and oxygen atoms in total. The summed E-state index contributed by atoms with van der Waals surface area (Å²) in [7, 11) is 0. The third-order valence-electron chi connectivity index (χ3n) is 6.36. The molecule has 0 saturated heterocycles. The van der Waals surface area contributed by atoms with E-state index in [0.29, 0.717) is 11.3 Å². The lowest BCUT2D eigenvalue weighted by Crippen LogP contribution is -2.04. The molecule has 0 radical (unpaired) electrons. The number of carbonyl (C=O) groups excluding carboxylic acids is 2. The van der Waals surface area contributed by atoms with Gasteiger partial charge in [-0.1, -0.05) is 82.9 Å². The molecule has 0 fully saturated rings. The number of ether oxygens (including phenoxy) is 2. The number of allylic oxidation sites excluding steroid dienone is 1. The summed E-state index contributed by atoms with van der Waals surface area (Å²) < 4.78 is 11.2. The minimum atomic E-state index is -0.479. The Hall–Kier alpha value is -3.44. The molecular formula is C34H40O4S. The van der Waals surface area contributed by atoms with E-state index in [2.05, 4.69) is 6.92 Å². The SMILES string of the molecule is CCCCCCCCCCCCOc1ccc(/C=C/C(=O)Oc2ccc(C(=O)/C=C/c3cccs3)cc2)cc1. The van der Waals surface area contributed by atoms with Crippen LogP contribution in [0.2, 0.25) is 0 Å². The largest absolute Gasteiger partial charge is 0.494 e. The van der Waals surface area contributed by atoms with Crippen molar-refractivity contribution in [1.82, 2.24) is 0 Å². The molecular weight excluding hydrogens is 504 g/mol. The Labute approximate surface area is 237 Å². The number of rotatable bonds is 18. The predicted octanol–water partition coefficient (Wildman–Crippen LogP) is 9.56. The molecule has 0 N–H and O–H groups in total. The molecule has 3 rings (SSSR count). The lowest BCUT2D eigenvalue weighted by atomic mass is 10.1. The number of esters is 1. The van der Waals surface area contributed by atoms with Crippen molar-refractivity contribution in [3.8, 4) is 11.5 Å². The first kappa shape index (κ1) is 30.1. The number of benzene rings is 2. The first-order valence-corrected chi connectivity index (χ1v) is 15.0. The summed E-state index contributed by atoms with van der Waals surface area (Å²) in [6.45, 7) is 2.99. The van der Waals surface area contributed by atoms with E-state index in [1.54, 1.807) is 53.8 Å². The van der Waals surface area contributed by atoms with E-state index in [4.69, 9.17) is 9.47 Å². The number of ketones is 1. The van der Waals surface area contributed by atoms with Crippen LogP contribution in [0.15, 0.2) is 78.2 Å². The molecule has 0 bridgehead atoms. The average Bonchev–Trinajstić information content (AvgIpc) is 3.48. The lowest BCUT2D eigenvalue weighted by Gasteiger charge is -2.06. The van der Waals surface area contributed by atoms with Crippen LogP contribution in [0.25, 0.3) is 12.2 Å². The van der Waals surface area contributed by atoms with Gasteiger partial charge < -0.3 is 9.47 Å².